The SMILES string of the molecule is CCNc1ccc(Cl)c(CN2C(=O)C3C(C2=O)C3(C)C)n1. The minimum Gasteiger partial charge on any atom is -0.370 e. The lowest BCUT2D eigenvalue weighted by Gasteiger charge is -2.20. The lowest BCUT2D eigenvalue weighted by molar-refractivity contribution is -0.143. The number of hydrogen-bond acceptors (Lipinski definition) is 4. The van der Waals surface area contributed by atoms with Crippen LogP contribution in [0.2, 0.25) is 5.02 Å². The van der Waals surface area contributed by atoms with Gasteiger partial charge >= 0.3 is 0 Å². The molecule has 0 spiro atoms. The summed E-state index contributed by atoms with van der Waals surface area (Å²) in [6.07, 6.45) is 0. The number of pyridine rings is 1. The Kier molecular flexibility index (Phi) is 3.20. The highest BCUT2D eigenvalue weighted by molar-refractivity contribution is 6.31. The van der Waals surface area contributed by atoms with Crippen molar-refractivity contribution in [2.75, 3.05) is 11.9 Å². The third kappa shape index (κ3) is 2.11. The van der Waals surface area contributed by atoms with Gasteiger partial charge in [-0.15, -0.1) is 0 Å². The molecule has 1 aromatic heterocycles. The summed E-state index contributed by atoms with van der Waals surface area (Å²) in [5.41, 5.74) is 0.365. The van der Waals surface area contributed by atoms with E-state index < -0.39 is 0 Å². The Morgan fingerprint density at radius 1 is 1.29 bits per heavy atom. The van der Waals surface area contributed by atoms with Crippen LogP contribution in [-0.4, -0.2) is 28.2 Å². The molecule has 0 radical (unpaired) electrons. The van der Waals surface area contributed by atoms with Gasteiger partial charge in [-0.25, -0.2) is 4.98 Å². The molecule has 2 fully saturated rings. The van der Waals surface area contributed by atoms with E-state index >= 15 is 0 Å². The number of hydrogen-bond donors (Lipinski definition) is 1. The summed E-state index contributed by atoms with van der Waals surface area (Å²) >= 11 is 6.13. The van der Waals surface area contributed by atoms with Crippen molar-refractivity contribution < 1.29 is 9.59 Å². The first kappa shape index (κ1) is 14.3. The van der Waals surface area contributed by atoms with E-state index in [1.807, 2.05) is 20.8 Å². The van der Waals surface area contributed by atoms with Gasteiger partial charge in [-0.2, -0.15) is 0 Å². The van der Waals surface area contributed by atoms with E-state index in [1.165, 1.54) is 4.90 Å². The van der Waals surface area contributed by atoms with Crippen LogP contribution in [0.5, 0.6) is 0 Å². The van der Waals surface area contributed by atoms with E-state index in [-0.39, 0.29) is 35.6 Å². The molecule has 5 nitrogen and oxygen atoms in total. The van der Waals surface area contributed by atoms with Crippen molar-refractivity contribution in [2.45, 2.75) is 27.3 Å². The maximum absolute atomic E-state index is 12.3. The molecule has 2 aliphatic rings. The van der Waals surface area contributed by atoms with Crippen molar-refractivity contribution in [3.8, 4) is 0 Å². The number of imide groups is 1. The fourth-order valence-corrected chi connectivity index (χ4v) is 3.35. The molecule has 2 amide bonds. The number of anilines is 1. The van der Waals surface area contributed by atoms with Crippen molar-refractivity contribution >= 4 is 29.2 Å². The number of likely N-dealkylation sites (tertiary alicyclic amines) is 1. The first-order chi connectivity index (χ1) is 9.87. The van der Waals surface area contributed by atoms with Crippen LogP contribution < -0.4 is 5.32 Å². The molecular formula is C15H18ClN3O2. The monoisotopic (exact) mass is 307 g/mol. The second kappa shape index (κ2) is 4.70. The summed E-state index contributed by atoms with van der Waals surface area (Å²) in [5.74, 6) is 0.173. The summed E-state index contributed by atoms with van der Waals surface area (Å²) in [6, 6.07) is 3.51. The van der Waals surface area contributed by atoms with Crippen LogP contribution in [-0.2, 0) is 16.1 Å². The number of aromatic nitrogens is 1. The molecule has 1 aromatic rings. The second-order valence-corrected chi connectivity index (χ2v) is 6.60. The number of nitrogens with one attached hydrogen (secondary N) is 1. The summed E-state index contributed by atoms with van der Waals surface area (Å²) in [7, 11) is 0. The molecule has 1 N–H and O–H groups in total. The van der Waals surface area contributed by atoms with Crippen LogP contribution >= 0.6 is 11.6 Å². The summed E-state index contributed by atoms with van der Waals surface area (Å²) in [6.45, 7) is 6.80. The predicted octanol–water partition coefficient (Wildman–Crippen LogP) is 2.31. The van der Waals surface area contributed by atoms with Gasteiger partial charge in [0.2, 0.25) is 11.8 Å². The predicted molar refractivity (Wildman–Crippen MR) is 79.7 cm³/mol. The van der Waals surface area contributed by atoms with Gasteiger partial charge in [0, 0.05) is 6.54 Å². The lowest BCUT2D eigenvalue weighted by Crippen LogP contribution is -2.36. The molecule has 0 bridgehead atoms. The molecule has 112 valence electrons. The zero-order valence-electron chi connectivity index (χ0n) is 12.3. The Morgan fingerprint density at radius 2 is 1.90 bits per heavy atom. The fraction of sp³-hybridized carbons (Fsp3) is 0.533. The summed E-state index contributed by atoms with van der Waals surface area (Å²) in [4.78, 5) is 30.3. The molecule has 1 aliphatic carbocycles. The van der Waals surface area contributed by atoms with Crippen LogP contribution in [0.25, 0.3) is 0 Å². The Hall–Kier alpha value is -1.62. The van der Waals surface area contributed by atoms with Crippen LogP contribution in [0, 0.1) is 17.3 Å². The molecule has 3 rings (SSSR count). The zero-order valence-corrected chi connectivity index (χ0v) is 13.1. The highest BCUT2D eigenvalue weighted by Crippen LogP contribution is 2.63. The van der Waals surface area contributed by atoms with Crippen LogP contribution in [0.1, 0.15) is 26.5 Å². The number of fused-ring (bicyclic) bond motifs is 1. The number of piperidine rings is 1. The zero-order chi connectivity index (χ0) is 15.4. The largest absolute Gasteiger partial charge is 0.370 e. The van der Waals surface area contributed by atoms with Gasteiger partial charge < -0.3 is 5.32 Å². The molecule has 6 heteroatoms. The number of carbonyl (C=O) groups is 2. The van der Waals surface area contributed by atoms with E-state index in [2.05, 4.69) is 10.3 Å². The van der Waals surface area contributed by atoms with Gasteiger partial charge in [-0.3, -0.25) is 14.5 Å². The van der Waals surface area contributed by atoms with E-state index in [9.17, 15) is 9.59 Å². The lowest BCUT2D eigenvalue weighted by atomic mass is 10.1. The molecule has 0 aromatic carbocycles. The second-order valence-electron chi connectivity index (χ2n) is 6.19. The normalized spacial score (nSPS) is 26.0. The summed E-state index contributed by atoms with van der Waals surface area (Å²) in [5, 5.41) is 3.56. The van der Waals surface area contributed by atoms with Crippen LogP contribution in [0.15, 0.2) is 12.1 Å². The average Bonchev–Trinajstić information content (AvgIpc) is 2.90. The Bertz CT molecular complexity index is 605. The molecule has 21 heavy (non-hydrogen) atoms. The van der Waals surface area contributed by atoms with Gasteiger partial charge in [0.25, 0.3) is 0 Å². The number of amides is 2. The third-order valence-electron chi connectivity index (χ3n) is 4.48. The standard InChI is InChI=1S/C15H18ClN3O2/c1-4-17-10-6-5-8(16)9(18-10)7-19-13(20)11-12(14(19)21)15(11,2)3/h5-6,11-12H,4,7H2,1-3H3,(H,17,18). The van der Waals surface area contributed by atoms with Gasteiger partial charge in [0.1, 0.15) is 5.82 Å². The van der Waals surface area contributed by atoms with Crippen LogP contribution in [0.4, 0.5) is 5.82 Å². The molecule has 2 heterocycles. The minimum absolute atomic E-state index is 0.0956. The van der Waals surface area contributed by atoms with Crippen molar-refractivity contribution in [1.29, 1.82) is 0 Å². The van der Waals surface area contributed by atoms with Gasteiger partial charge in [-0.05, 0) is 24.5 Å². The minimum atomic E-state index is -0.187. The maximum Gasteiger partial charge on any atom is 0.234 e. The number of halogens is 1. The topological polar surface area (TPSA) is 62.3 Å². The first-order valence-corrected chi connectivity index (χ1v) is 7.50. The van der Waals surface area contributed by atoms with Crippen molar-refractivity contribution in [1.82, 2.24) is 9.88 Å². The number of nitrogens with zero attached hydrogens (tertiary/aromatic N) is 2. The van der Waals surface area contributed by atoms with E-state index in [0.29, 0.717) is 16.5 Å². The Labute approximate surface area is 128 Å². The van der Waals surface area contributed by atoms with Crippen molar-refractivity contribution in [3.63, 3.8) is 0 Å². The first-order valence-electron chi connectivity index (χ1n) is 7.12. The van der Waals surface area contributed by atoms with Crippen molar-refractivity contribution in [2.24, 2.45) is 17.3 Å². The Morgan fingerprint density at radius 3 is 2.48 bits per heavy atom. The molecule has 1 saturated heterocycles. The van der Waals surface area contributed by atoms with E-state index in [0.717, 1.165) is 6.54 Å². The van der Waals surface area contributed by atoms with Crippen molar-refractivity contribution in [3.05, 3.63) is 22.8 Å². The van der Waals surface area contributed by atoms with E-state index in [4.69, 9.17) is 11.6 Å². The molecular weight excluding hydrogens is 290 g/mol. The quantitative estimate of drug-likeness (QED) is 0.867. The molecule has 2 atom stereocenters. The number of carbonyl (C=O) groups excluding carboxylic acids is 2. The highest BCUT2D eigenvalue weighted by Gasteiger charge is 2.72. The third-order valence-corrected chi connectivity index (χ3v) is 4.82. The van der Waals surface area contributed by atoms with Gasteiger partial charge in [0.05, 0.1) is 29.1 Å². The molecule has 1 saturated carbocycles. The van der Waals surface area contributed by atoms with Gasteiger partial charge in [-0.1, -0.05) is 25.4 Å². The molecule has 2 unspecified atom stereocenters. The van der Waals surface area contributed by atoms with E-state index in [1.54, 1.807) is 12.1 Å². The number of rotatable bonds is 4. The highest BCUT2D eigenvalue weighted by atomic mass is 35.5. The smallest absolute Gasteiger partial charge is 0.234 e. The Balaban J connectivity index is 1.81. The fourth-order valence-electron chi connectivity index (χ4n) is 3.18. The maximum atomic E-state index is 12.3. The van der Waals surface area contributed by atoms with Gasteiger partial charge in [0.15, 0.2) is 0 Å². The average molecular weight is 308 g/mol. The molecule has 1 aliphatic heterocycles. The summed E-state index contributed by atoms with van der Waals surface area (Å²) < 4.78 is 0. The van der Waals surface area contributed by atoms with Crippen LogP contribution in [0.3, 0.4) is 0 Å².